The lowest BCUT2D eigenvalue weighted by atomic mass is 10.2. The van der Waals surface area contributed by atoms with E-state index >= 15 is 0 Å². The molecule has 0 radical (unpaired) electrons. The van der Waals surface area contributed by atoms with Crippen molar-refractivity contribution in [2.45, 2.75) is 29.8 Å². The minimum atomic E-state index is -3.77. The van der Waals surface area contributed by atoms with Crippen LogP contribution in [0.15, 0.2) is 37.3 Å². The molecule has 0 spiro atoms. The van der Waals surface area contributed by atoms with Crippen molar-refractivity contribution < 1.29 is 22.6 Å². The van der Waals surface area contributed by atoms with Crippen LogP contribution in [0.3, 0.4) is 0 Å². The molecule has 10 nitrogen and oxygen atoms in total. The second kappa shape index (κ2) is 8.42. The average Bonchev–Trinajstić information content (AvgIpc) is 3.19. The van der Waals surface area contributed by atoms with Gasteiger partial charge in [-0.3, -0.25) is 10.7 Å². The highest BCUT2D eigenvalue weighted by Gasteiger charge is 2.44. The number of thioether (sulfide) groups is 1. The lowest BCUT2D eigenvalue weighted by Crippen LogP contribution is -2.41. The van der Waals surface area contributed by atoms with E-state index in [1.54, 1.807) is 0 Å². The number of hydrogen-bond donors (Lipinski definition) is 4. The lowest BCUT2D eigenvalue weighted by molar-refractivity contribution is 0.234. The number of halogens is 2. The smallest absolute Gasteiger partial charge is 0.274 e. The normalized spacial score (nSPS) is 16.2. The van der Waals surface area contributed by atoms with Gasteiger partial charge in [0.1, 0.15) is 5.82 Å². The van der Waals surface area contributed by atoms with E-state index in [-0.39, 0.29) is 16.0 Å². The Hall–Kier alpha value is -1.58. The Labute approximate surface area is 172 Å². The van der Waals surface area contributed by atoms with Crippen molar-refractivity contribution in [2.24, 2.45) is 10.1 Å². The summed E-state index contributed by atoms with van der Waals surface area (Å²) < 4.78 is 43.2. The molecule has 2 aromatic rings. The van der Waals surface area contributed by atoms with Crippen molar-refractivity contribution in [2.75, 3.05) is 5.75 Å². The average molecular weight is 495 g/mol. The first kappa shape index (κ1) is 21.1. The molecule has 0 unspecified atom stereocenters. The van der Waals surface area contributed by atoms with E-state index in [0.29, 0.717) is 35.7 Å². The number of benzene rings is 1. The predicted octanol–water partition coefficient (Wildman–Crippen LogP) is 1.84. The molecule has 0 bridgehead atoms. The van der Waals surface area contributed by atoms with Gasteiger partial charge in [-0.25, -0.2) is 19.2 Å². The summed E-state index contributed by atoms with van der Waals surface area (Å²) in [6.07, 6.45) is 1.95. The molecule has 1 aromatic heterocycles. The van der Waals surface area contributed by atoms with Crippen LogP contribution < -0.4 is 15.3 Å². The van der Waals surface area contributed by atoms with Crippen LogP contribution in [0.25, 0.3) is 0 Å². The second-order valence-electron chi connectivity index (χ2n) is 6.11. The van der Waals surface area contributed by atoms with Gasteiger partial charge in [-0.15, -0.1) is 11.8 Å². The minimum absolute atomic E-state index is 0.0361. The van der Waals surface area contributed by atoms with Crippen LogP contribution in [-0.4, -0.2) is 41.1 Å². The van der Waals surface area contributed by atoms with Gasteiger partial charge in [0.15, 0.2) is 16.6 Å². The Balaban J connectivity index is 1.70. The van der Waals surface area contributed by atoms with Crippen LogP contribution in [-0.2, 0) is 10.2 Å². The maximum absolute atomic E-state index is 13.3. The molecular weight excluding hydrogens is 479 g/mol. The molecule has 1 aliphatic rings. The third-order valence-corrected chi connectivity index (χ3v) is 6.24. The molecule has 28 heavy (non-hydrogen) atoms. The van der Waals surface area contributed by atoms with Crippen LogP contribution in [0, 0.1) is 5.82 Å². The van der Waals surface area contributed by atoms with E-state index in [0.717, 1.165) is 0 Å². The molecule has 14 heteroatoms. The van der Waals surface area contributed by atoms with Gasteiger partial charge in [0.05, 0.1) is 10.2 Å². The number of rotatable bonds is 8. The molecule has 0 atom stereocenters. The highest BCUT2D eigenvalue weighted by atomic mass is 79.9. The Morgan fingerprint density at radius 1 is 1.46 bits per heavy atom. The van der Waals surface area contributed by atoms with Crippen molar-refractivity contribution in [3.63, 3.8) is 0 Å². The number of amidine groups is 1. The quantitative estimate of drug-likeness (QED) is 0.187. The van der Waals surface area contributed by atoms with E-state index in [4.69, 9.17) is 9.77 Å². The number of hydroxylamine groups is 1. The molecule has 1 fully saturated rings. The van der Waals surface area contributed by atoms with Crippen LogP contribution in [0.4, 0.5) is 10.1 Å². The molecule has 1 aliphatic carbocycles. The predicted molar refractivity (Wildman–Crippen MR) is 103 cm³/mol. The summed E-state index contributed by atoms with van der Waals surface area (Å²) in [7, 11) is -3.77. The zero-order valence-corrected chi connectivity index (χ0v) is 17.4. The van der Waals surface area contributed by atoms with E-state index in [9.17, 15) is 18.0 Å². The summed E-state index contributed by atoms with van der Waals surface area (Å²) in [6, 6.07) is 4.08. The van der Waals surface area contributed by atoms with Crippen LogP contribution >= 0.6 is 27.7 Å². The zero-order valence-electron chi connectivity index (χ0n) is 14.2. The van der Waals surface area contributed by atoms with Crippen LogP contribution in [0.1, 0.15) is 25.0 Å². The third-order valence-electron chi connectivity index (χ3n) is 3.96. The third kappa shape index (κ3) is 5.48. The van der Waals surface area contributed by atoms with Gasteiger partial charge < -0.3 is 0 Å². The summed E-state index contributed by atoms with van der Waals surface area (Å²) in [5.41, 5.74) is 1.93. The Morgan fingerprint density at radius 2 is 2.21 bits per heavy atom. The van der Waals surface area contributed by atoms with Crippen molar-refractivity contribution in [1.29, 1.82) is 0 Å². The van der Waals surface area contributed by atoms with Crippen molar-refractivity contribution in [3.8, 4) is 0 Å². The molecule has 5 N–H and O–H groups in total. The number of nitrogens with two attached hydrogens (primary N) is 1. The first-order valence-corrected chi connectivity index (χ1v) is 11.3. The summed E-state index contributed by atoms with van der Waals surface area (Å²) in [6.45, 7) is 0. The molecule has 152 valence electrons. The molecule has 0 amide bonds. The lowest BCUT2D eigenvalue weighted by Gasteiger charge is -2.14. The number of aliphatic imine (C=N–C) groups is 1. The summed E-state index contributed by atoms with van der Waals surface area (Å²) in [5, 5.41) is 22.3. The Kier molecular flexibility index (Phi) is 6.36. The Bertz CT molecular complexity index is 995. The first-order chi connectivity index (χ1) is 13.2. The highest BCUT2D eigenvalue weighted by molar-refractivity contribution is 9.10. The van der Waals surface area contributed by atoms with Gasteiger partial charge in [-0.1, -0.05) is 0 Å². The van der Waals surface area contributed by atoms with Crippen molar-refractivity contribution in [3.05, 3.63) is 34.2 Å². The van der Waals surface area contributed by atoms with Crippen LogP contribution in [0.5, 0.6) is 0 Å². The summed E-state index contributed by atoms with van der Waals surface area (Å²) in [5.74, 6) is 0.0230. The van der Waals surface area contributed by atoms with Crippen molar-refractivity contribution >= 4 is 49.4 Å². The van der Waals surface area contributed by atoms with Gasteiger partial charge in [0.25, 0.3) is 10.2 Å². The summed E-state index contributed by atoms with van der Waals surface area (Å²) >= 11 is 4.33. The molecule has 0 saturated heterocycles. The number of hydrogen-bond acceptors (Lipinski definition) is 8. The number of nitrogens with zero attached hydrogens (tertiary/aromatic N) is 3. The van der Waals surface area contributed by atoms with Gasteiger partial charge in [-0.2, -0.15) is 13.1 Å². The fourth-order valence-corrected chi connectivity index (χ4v) is 4.75. The largest absolute Gasteiger partial charge is 0.290 e. The number of nitrogens with one attached hydrogen (secondary N) is 2. The molecule has 3 rings (SSSR count). The molecular formula is C14H16BrFN6O4S2. The van der Waals surface area contributed by atoms with E-state index in [1.807, 2.05) is 5.48 Å². The topological polar surface area (TPSA) is 156 Å². The summed E-state index contributed by atoms with van der Waals surface area (Å²) in [4.78, 5) is 4.17. The van der Waals surface area contributed by atoms with Crippen molar-refractivity contribution in [1.82, 2.24) is 20.5 Å². The SMILES string of the molecule is NS(=O)(=O)NC1(CCSc2nonc2C(=Nc2ccc(F)c(Br)c2)NO)CC1. The fraction of sp³-hybridized carbons (Fsp3) is 0.357. The fourth-order valence-electron chi connectivity index (χ4n) is 2.43. The van der Waals surface area contributed by atoms with E-state index in [1.165, 1.54) is 30.0 Å². The zero-order chi connectivity index (χ0) is 20.4. The minimum Gasteiger partial charge on any atom is -0.290 e. The first-order valence-electron chi connectivity index (χ1n) is 7.93. The van der Waals surface area contributed by atoms with Gasteiger partial charge in [0, 0.05) is 11.3 Å². The van der Waals surface area contributed by atoms with Gasteiger partial charge >= 0.3 is 0 Å². The maximum Gasteiger partial charge on any atom is 0.274 e. The monoisotopic (exact) mass is 494 g/mol. The standard InChI is InChI=1S/C14H16BrFN6O4S2/c15-9-7-8(1-2-10(9)16)18-12(19-23)11-13(21-26-20-11)27-6-5-14(3-4-14)22-28(17,24)25/h1-2,7,22-23H,3-6H2,(H,18,19)(H2,17,24,25). The van der Waals surface area contributed by atoms with Gasteiger partial charge in [-0.05, 0) is 63.7 Å². The van der Waals surface area contributed by atoms with Gasteiger partial charge in [0.2, 0.25) is 0 Å². The van der Waals surface area contributed by atoms with Crippen LogP contribution in [0.2, 0.25) is 0 Å². The number of aromatic nitrogens is 2. The van der Waals surface area contributed by atoms with E-state index in [2.05, 4.69) is 36.0 Å². The molecule has 1 aromatic carbocycles. The highest BCUT2D eigenvalue weighted by Crippen LogP contribution is 2.40. The molecule has 1 saturated carbocycles. The maximum atomic E-state index is 13.3. The molecule has 1 heterocycles. The second-order valence-corrected chi connectivity index (χ2v) is 9.35. The molecule has 0 aliphatic heterocycles. The van der Waals surface area contributed by atoms with E-state index < -0.39 is 21.6 Å². The Morgan fingerprint density at radius 3 is 2.82 bits per heavy atom.